The maximum atomic E-state index is 3.58. The normalized spacial score (nSPS) is 11.4. The van der Waals surface area contributed by atoms with E-state index < -0.39 is 0 Å². The molecule has 1 heterocycles. The van der Waals surface area contributed by atoms with Gasteiger partial charge in [-0.05, 0) is 74.2 Å². The summed E-state index contributed by atoms with van der Waals surface area (Å²) >= 11 is 0. The van der Waals surface area contributed by atoms with E-state index in [1.165, 1.54) is 66.3 Å². The number of H-pyrrole nitrogens is 1. The molecule has 142 valence electrons. The molecular weight excluding hydrogens is 350 g/mol. The first-order valence-electron chi connectivity index (χ1n) is 10.2. The van der Waals surface area contributed by atoms with Gasteiger partial charge in [0, 0.05) is 21.8 Å². The Balaban J connectivity index is 1.71. The zero-order chi connectivity index (χ0) is 20.1. The average molecular weight is 376 g/mol. The van der Waals surface area contributed by atoms with E-state index in [0.29, 0.717) is 0 Å². The first-order chi connectivity index (χ1) is 14.0. The van der Waals surface area contributed by atoms with Crippen LogP contribution in [-0.2, 0) is 0 Å². The van der Waals surface area contributed by atoms with Crippen molar-refractivity contribution in [3.63, 3.8) is 0 Å². The topological polar surface area (TPSA) is 15.8 Å². The van der Waals surface area contributed by atoms with Gasteiger partial charge in [0.05, 0.1) is 0 Å². The number of rotatable bonds is 2. The van der Waals surface area contributed by atoms with Gasteiger partial charge >= 0.3 is 0 Å². The smallest absolute Gasteiger partial charge is 0.0465 e. The van der Waals surface area contributed by atoms with E-state index in [4.69, 9.17) is 0 Å². The van der Waals surface area contributed by atoms with Gasteiger partial charge in [0.25, 0.3) is 0 Å². The first-order valence-corrected chi connectivity index (χ1v) is 10.2. The van der Waals surface area contributed by atoms with Gasteiger partial charge < -0.3 is 4.98 Å². The van der Waals surface area contributed by atoms with Crippen LogP contribution in [0.1, 0.15) is 22.3 Å². The van der Waals surface area contributed by atoms with Crippen molar-refractivity contribution in [3.05, 3.63) is 95.1 Å². The van der Waals surface area contributed by atoms with Gasteiger partial charge in [0.1, 0.15) is 0 Å². The Morgan fingerprint density at radius 3 is 1.17 bits per heavy atom. The summed E-state index contributed by atoms with van der Waals surface area (Å²) in [6.07, 6.45) is 0. The highest BCUT2D eigenvalue weighted by molar-refractivity contribution is 6.09. The number of nitrogens with one attached hydrogen (secondary N) is 1. The maximum Gasteiger partial charge on any atom is 0.0465 e. The Hall–Kier alpha value is -3.32. The minimum Gasteiger partial charge on any atom is -0.355 e. The number of aryl methyl sites for hydroxylation is 4. The van der Waals surface area contributed by atoms with E-state index in [1.54, 1.807) is 0 Å². The van der Waals surface area contributed by atoms with Gasteiger partial charge in [0.15, 0.2) is 0 Å². The monoisotopic (exact) mass is 375 g/mol. The summed E-state index contributed by atoms with van der Waals surface area (Å²) in [4.78, 5) is 3.58. The molecule has 0 spiro atoms. The van der Waals surface area contributed by atoms with Gasteiger partial charge in [-0.25, -0.2) is 0 Å². The molecule has 1 heteroatoms. The Labute approximate surface area is 172 Å². The van der Waals surface area contributed by atoms with E-state index in [9.17, 15) is 0 Å². The van der Waals surface area contributed by atoms with Crippen molar-refractivity contribution in [1.29, 1.82) is 0 Å². The summed E-state index contributed by atoms with van der Waals surface area (Å²) in [5.74, 6) is 0. The molecule has 0 fully saturated rings. The van der Waals surface area contributed by atoms with Crippen molar-refractivity contribution in [1.82, 2.24) is 4.98 Å². The standard InChI is InChI=1S/C28H25N/c1-17-9-18(2)12-23(11-17)21-5-7-27-25(15-21)26-16-22(6-8-28(26)29-27)24-13-19(3)10-20(4)14-24/h5-16,29H,1-4H3. The highest BCUT2D eigenvalue weighted by Gasteiger charge is 2.09. The fourth-order valence-corrected chi connectivity index (χ4v) is 4.54. The van der Waals surface area contributed by atoms with Crippen molar-refractivity contribution >= 4 is 21.8 Å². The van der Waals surface area contributed by atoms with Crippen LogP contribution in [0, 0.1) is 27.7 Å². The van der Waals surface area contributed by atoms with Crippen molar-refractivity contribution in [2.45, 2.75) is 27.7 Å². The van der Waals surface area contributed by atoms with Crippen molar-refractivity contribution in [3.8, 4) is 22.3 Å². The third-order valence-corrected chi connectivity index (χ3v) is 5.71. The maximum absolute atomic E-state index is 3.58. The third-order valence-electron chi connectivity index (χ3n) is 5.71. The van der Waals surface area contributed by atoms with Crippen LogP contribution in [-0.4, -0.2) is 4.98 Å². The molecule has 0 saturated carbocycles. The summed E-state index contributed by atoms with van der Waals surface area (Å²) in [6, 6.07) is 27.0. The number of aromatic nitrogens is 1. The summed E-state index contributed by atoms with van der Waals surface area (Å²) < 4.78 is 0. The molecule has 0 amide bonds. The van der Waals surface area contributed by atoms with Crippen LogP contribution in [0.4, 0.5) is 0 Å². The van der Waals surface area contributed by atoms with Crippen LogP contribution in [0.15, 0.2) is 72.8 Å². The summed E-state index contributed by atoms with van der Waals surface area (Å²) in [6.45, 7) is 8.65. The fraction of sp³-hybridized carbons (Fsp3) is 0.143. The third kappa shape index (κ3) is 3.23. The Morgan fingerprint density at radius 2 is 0.793 bits per heavy atom. The zero-order valence-electron chi connectivity index (χ0n) is 17.4. The number of hydrogen-bond donors (Lipinski definition) is 1. The molecule has 29 heavy (non-hydrogen) atoms. The molecule has 1 aromatic heterocycles. The molecule has 0 bridgehead atoms. The molecule has 4 aromatic carbocycles. The molecular formula is C28H25N. The van der Waals surface area contributed by atoms with Gasteiger partial charge in [-0.1, -0.05) is 70.8 Å². The lowest BCUT2D eigenvalue weighted by Gasteiger charge is -2.07. The van der Waals surface area contributed by atoms with Crippen LogP contribution >= 0.6 is 0 Å². The second-order valence-electron chi connectivity index (χ2n) is 8.40. The molecule has 0 saturated heterocycles. The molecule has 0 aliphatic rings. The van der Waals surface area contributed by atoms with Crippen LogP contribution in [0.25, 0.3) is 44.1 Å². The SMILES string of the molecule is Cc1cc(C)cc(-c2ccc3[nH]c4ccc(-c5cc(C)cc(C)c5)cc4c3c2)c1. The Morgan fingerprint density at radius 1 is 0.414 bits per heavy atom. The molecule has 1 N–H and O–H groups in total. The number of benzene rings is 4. The van der Waals surface area contributed by atoms with Crippen LogP contribution in [0.3, 0.4) is 0 Å². The predicted molar refractivity (Wildman–Crippen MR) is 126 cm³/mol. The van der Waals surface area contributed by atoms with E-state index in [-0.39, 0.29) is 0 Å². The van der Waals surface area contributed by atoms with E-state index in [0.717, 1.165) is 0 Å². The van der Waals surface area contributed by atoms with Crippen LogP contribution < -0.4 is 0 Å². The van der Waals surface area contributed by atoms with Gasteiger partial charge in [0.2, 0.25) is 0 Å². The van der Waals surface area contributed by atoms with Gasteiger partial charge in [-0.15, -0.1) is 0 Å². The number of hydrogen-bond acceptors (Lipinski definition) is 0. The molecule has 0 unspecified atom stereocenters. The minimum atomic E-state index is 1.19. The number of fused-ring (bicyclic) bond motifs is 3. The highest BCUT2D eigenvalue weighted by Crippen LogP contribution is 2.33. The second-order valence-corrected chi connectivity index (χ2v) is 8.40. The van der Waals surface area contributed by atoms with E-state index in [2.05, 4.69) is 105 Å². The quantitative estimate of drug-likeness (QED) is 0.323. The Bertz CT molecular complexity index is 1240. The summed E-state index contributed by atoms with van der Waals surface area (Å²) in [5.41, 5.74) is 12.7. The highest BCUT2D eigenvalue weighted by atomic mass is 14.7. The van der Waals surface area contributed by atoms with E-state index in [1.807, 2.05) is 0 Å². The van der Waals surface area contributed by atoms with Gasteiger partial charge in [-0.2, -0.15) is 0 Å². The average Bonchev–Trinajstić information content (AvgIpc) is 3.03. The predicted octanol–water partition coefficient (Wildman–Crippen LogP) is 7.89. The molecule has 1 nitrogen and oxygen atoms in total. The summed E-state index contributed by atoms with van der Waals surface area (Å²) in [5, 5.41) is 2.56. The fourth-order valence-electron chi connectivity index (χ4n) is 4.54. The lowest BCUT2D eigenvalue weighted by atomic mass is 9.97. The van der Waals surface area contributed by atoms with Gasteiger partial charge in [-0.3, -0.25) is 0 Å². The second kappa shape index (κ2) is 6.63. The van der Waals surface area contributed by atoms with Crippen molar-refractivity contribution < 1.29 is 0 Å². The molecule has 0 atom stereocenters. The molecule has 0 aliphatic carbocycles. The van der Waals surface area contributed by atoms with Crippen molar-refractivity contribution in [2.24, 2.45) is 0 Å². The lowest BCUT2D eigenvalue weighted by molar-refractivity contribution is 1.38. The number of aromatic amines is 1. The van der Waals surface area contributed by atoms with Crippen LogP contribution in [0.5, 0.6) is 0 Å². The molecule has 0 radical (unpaired) electrons. The zero-order valence-corrected chi connectivity index (χ0v) is 17.4. The molecule has 5 rings (SSSR count). The largest absolute Gasteiger partial charge is 0.355 e. The lowest BCUT2D eigenvalue weighted by Crippen LogP contribution is -1.83. The van der Waals surface area contributed by atoms with Crippen LogP contribution in [0.2, 0.25) is 0 Å². The minimum absolute atomic E-state index is 1.19. The molecule has 0 aliphatic heterocycles. The first kappa shape index (κ1) is 17.8. The molecule has 5 aromatic rings. The summed E-state index contributed by atoms with van der Waals surface area (Å²) in [7, 11) is 0. The van der Waals surface area contributed by atoms with E-state index >= 15 is 0 Å². The van der Waals surface area contributed by atoms with Crippen molar-refractivity contribution in [2.75, 3.05) is 0 Å². The Kier molecular flexibility index (Phi) is 4.06.